The Bertz CT molecular complexity index is 511. The van der Waals surface area contributed by atoms with Crippen molar-refractivity contribution < 1.29 is 4.79 Å². The van der Waals surface area contributed by atoms with E-state index in [2.05, 4.69) is 9.69 Å². The first-order valence-electron chi connectivity index (χ1n) is 4.65. The van der Waals surface area contributed by atoms with Crippen molar-refractivity contribution in [2.75, 3.05) is 5.32 Å². The van der Waals surface area contributed by atoms with Crippen LogP contribution in [0.3, 0.4) is 0 Å². The summed E-state index contributed by atoms with van der Waals surface area (Å²) < 4.78 is 3.88. The Morgan fingerprint density at radius 1 is 1.44 bits per heavy atom. The van der Waals surface area contributed by atoms with Gasteiger partial charge in [-0.3, -0.25) is 4.79 Å². The highest BCUT2D eigenvalue weighted by molar-refractivity contribution is 7.08. The summed E-state index contributed by atoms with van der Waals surface area (Å²) in [5.74, 6) is -0.145. The molecule has 2 aromatic rings. The summed E-state index contributed by atoms with van der Waals surface area (Å²) in [5, 5.41) is 3.47. The molecule has 3 nitrogen and oxygen atoms in total. The van der Waals surface area contributed by atoms with Crippen LogP contribution in [-0.2, 0) is 0 Å². The Morgan fingerprint density at radius 3 is 2.88 bits per heavy atom. The quantitative estimate of drug-likeness (QED) is 0.891. The smallest absolute Gasteiger partial charge is 0.267 e. The van der Waals surface area contributed by atoms with Gasteiger partial charge in [0.2, 0.25) is 0 Å². The zero-order valence-electron chi connectivity index (χ0n) is 8.53. The summed E-state index contributed by atoms with van der Waals surface area (Å²) in [5.41, 5.74) is 1.70. The number of anilines is 1. The summed E-state index contributed by atoms with van der Waals surface area (Å²) in [6, 6.07) is 7.03. The molecule has 0 atom stereocenters. The van der Waals surface area contributed by atoms with E-state index in [9.17, 15) is 4.79 Å². The third-order valence-electron chi connectivity index (χ3n) is 2.10. The molecule has 0 aliphatic carbocycles. The Labute approximate surface area is 102 Å². The maximum atomic E-state index is 11.7. The van der Waals surface area contributed by atoms with Gasteiger partial charge in [-0.1, -0.05) is 11.6 Å². The minimum atomic E-state index is -0.145. The van der Waals surface area contributed by atoms with Crippen molar-refractivity contribution in [3.05, 3.63) is 45.9 Å². The Balaban J connectivity index is 2.18. The van der Waals surface area contributed by atoms with Crippen LogP contribution in [0.1, 0.15) is 15.2 Å². The molecule has 1 N–H and O–H groups in total. The number of hydrogen-bond donors (Lipinski definition) is 1. The molecule has 0 fully saturated rings. The number of carbonyl (C=O) groups is 1. The number of amides is 1. The summed E-state index contributed by atoms with van der Waals surface area (Å²) >= 11 is 7.00. The van der Waals surface area contributed by atoms with E-state index in [0.29, 0.717) is 9.90 Å². The number of benzene rings is 1. The molecule has 0 saturated heterocycles. The fourth-order valence-corrected chi connectivity index (χ4v) is 2.00. The van der Waals surface area contributed by atoms with Gasteiger partial charge in [0, 0.05) is 16.9 Å². The van der Waals surface area contributed by atoms with Gasteiger partial charge in [-0.15, -0.1) is 0 Å². The molecule has 1 amide bonds. The Kier molecular flexibility index (Phi) is 3.22. The molecule has 0 unspecified atom stereocenters. The van der Waals surface area contributed by atoms with Crippen LogP contribution < -0.4 is 5.32 Å². The van der Waals surface area contributed by atoms with Crippen LogP contribution in [0.2, 0.25) is 5.02 Å². The second-order valence-corrected chi connectivity index (χ2v) is 4.56. The van der Waals surface area contributed by atoms with Crippen molar-refractivity contribution in [2.24, 2.45) is 0 Å². The average Bonchev–Trinajstić information content (AvgIpc) is 2.75. The summed E-state index contributed by atoms with van der Waals surface area (Å²) in [4.78, 5) is 12.3. The first-order chi connectivity index (χ1) is 7.66. The molecule has 0 saturated carbocycles. The van der Waals surface area contributed by atoms with Gasteiger partial charge in [-0.05, 0) is 48.3 Å². The largest absolute Gasteiger partial charge is 0.321 e. The molecule has 16 heavy (non-hydrogen) atoms. The molecule has 1 heterocycles. The van der Waals surface area contributed by atoms with Crippen LogP contribution in [-0.4, -0.2) is 10.3 Å². The number of rotatable bonds is 2. The van der Waals surface area contributed by atoms with E-state index in [1.54, 1.807) is 24.4 Å². The SMILES string of the molecule is Cc1cc(Cl)ccc1NC(=O)c1ccns1. The zero-order valence-corrected chi connectivity index (χ0v) is 10.1. The van der Waals surface area contributed by atoms with Crippen LogP contribution in [0.4, 0.5) is 5.69 Å². The van der Waals surface area contributed by atoms with E-state index in [-0.39, 0.29) is 5.91 Å². The first-order valence-corrected chi connectivity index (χ1v) is 5.80. The highest BCUT2D eigenvalue weighted by Gasteiger charge is 2.08. The molecule has 0 spiro atoms. The van der Waals surface area contributed by atoms with E-state index >= 15 is 0 Å². The van der Waals surface area contributed by atoms with Gasteiger partial charge in [0.25, 0.3) is 5.91 Å². The fourth-order valence-electron chi connectivity index (χ4n) is 1.28. The van der Waals surface area contributed by atoms with Gasteiger partial charge in [-0.25, -0.2) is 4.37 Å². The van der Waals surface area contributed by atoms with Crippen molar-refractivity contribution in [1.82, 2.24) is 4.37 Å². The van der Waals surface area contributed by atoms with E-state index in [4.69, 9.17) is 11.6 Å². The lowest BCUT2D eigenvalue weighted by molar-refractivity contribution is 0.103. The number of hydrogen-bond acceptors (Lipinski definition) is 3. The van der Waals surface area contributed by atoms with Crippen LogP contribution in [0, 0.1) is 6.92 Å². The molecule has 0 aliphatic heterocycles. The molecule has 82 valence electrons. The Morgan fingerprint density at radius 2 is 2.25 bits per heavy atom. The van der Waals surface area contributed by atoms with Gasteiger partial charge in [0.15, 0.2) is 0 Å². The fraction of sp³-hybridized carbons (Fsp3) is 0.0909. The molecular formula is C11H9ClN2OS. The third-order valence-corrected chi connectivity index (χ3v) is 3.08. The number of halogens is 1. The van der Waals surface area contributed by atoms with E-state index in [0.717, 1.165) is 11.3 Å². The molecule has 1 aromatic heterocycles. The summed E-state index contributed by atoms with van der Waals surface area (Å²) in [6.45, 7) is 1.90. The number of aromatic nitrogens is 1. The molecule has 0 aliphatic rings. The number of aryl methyl sites for hydroxylation is 1. The number of nitrogens with one attached hydrogen (secondary N) is 1. The van der Waals surface area contributed by atoms with Crippen molar-refractivity contribution in [1.29, 1.82) is 0 Å². The van der Waals surface area contributed by atoms with Gasteiger partial charge in [-0.2, -0.15) is 0 Å². The second-order valence-electron chi connectivity index (χ2n) is 3.29. The Hall–Kier alpha value is -1.39. The van der Waals surface area contributed by atoms with Crippen LogP contribution in [0.25, 0.3) is 0 Å². The normalized spacial score (nSPS) is 10.1. The van der Waals surface area contributed by atoms with Gasteiger partial charge < -0.3 is 5.32 Å². The van der Waals surface area contributed by atoms with Gasteiger partial charge in [0.05, 0.1) is 0 Å². The number of nitrogens with zero attached hydrogens (tertiary/aromatic N) is 1. The lowest BCUT2D eigenvalue weighted by atomic mass is 10.2. The third kappa shape index (κ3) is 2.40. The molecule has 5 heteroatoms. The predicted octanol–water partition coefficient (Wildman–Crippen LogP) is 3.36. The van der Waals surface area contributed by atoms with E-state index in [1.165, 1.54) is 11.5 Å². The molecule has 0 bridgehead atoms. The van der Waals surface area contributed by atoms with Crippen molar-refractivity contribution >= 4 is 34.7 Å². The minimum Gasteiger partial charge on any atom is -0.321 e. The maximum Gasteiger partial charge on any atom is 0.267 e. The first kappa shape index (κ1) is 11.1. The lowest BCUT2D eigenvalue weighted by Crippen LogP contribution is -2.10. The van der Waals surface area contributed by atoms with E-state index < -0.39 is 0 Å². The molecular weight excluding hydrogens is 244 g/mol. The summed E-state index contributed by atoms with van der Waals surface area (Å²) in [6.07, 6.45) is 1.61. The number of carbonyl (C=O) groups excluding carboxylic acids is 1. The monoisotopic (exact) mass is 252 g/mol. The second kappa shape index (κ2) is 4.63. The molecule has 1 aromatic carbocycles. The highest BCUT2D eigenvalue weighted by Crippen LogP contribution is 2.20. The average molecular weight is 253 g/mol. The highest BCUT2D eigenvalue weighted by atomic mass is 35.5. The predicted molar refractivity (Wildman–Crippen MR) is 66.3 cm³/mol. The van der Waals surface area contributed by atoms with Crippen LogP contribution >= 0.6 is 23.1 Å². The minimum absolute atomic E-state index is 0.145. The standard InChI is InChI=1S/C11H9ClN2OS/c1-7-6-8(12)2-3-9(7)14-11(15)10-4-5-13-16-10/h2-6H,1H3,(H,14,15). The van der Waals surface area contributed by atoms with Gasteiger partial charge in [0.1, 0.15) is 4.88 Å². The maximum absolute atomic E-state index is 11.7. The van der Waals surface area contributed by atoms with Crippen molar-refractivity contribution in [3.8, 4) is 0 Å². The zero-order chi connectivity index (χ0) is 11.5. The molecule has 2 rings (SSSR count). The van der Waals surface area contributed by atoms with Crippen molar-refractivity contribution in [2.45, 2.75) is 6.92 Å². The lowest BCUT2D eigenvalue weighted by Gasteiger charge is -2.06. The topological polar surface area (TPSA) is 42.0 Å². The van der Waals surface area contributed by atoms with Gasteiger partial charge >= 0.3 is 0 Å². The molecule has 0 radical (unpaired) electrons. The van der Waals surface area contributed by atoms with E-state index in [1.807, 2.05) is 13.0 Å². The van der Waals surface area contributed by atoms with Crippen LogP contribution in [0.15, 0.2) is 30.5 Å². The summed E-state index contributed by atoms with van der Waals surface area (Å²) in [7, 11) is 0. The van der Waals surface area contributed by atoms with Crippen LogP contribution in [0.5, 0.6) is 0 Å². The van der Waals surface area contributed by atoms with Crippen molar-refractivity contribution in [3.63, 3.8) is 0 Å².